The van der Waals surface area contributed by atoms with Gasteiger partial charge in [-0.3, -0.25) is 9.78 Å². The number of hydrogen-bond donors (Lipinski definition) is 2. The number of nitrogens with zero attached hydrogens (tertiary/aromatic N) is 3. The van der Waals surface area contributed by atoms with Gasteiger partial charge in [0.05, 0.1) is 0 Å². The molecule has 0 atom stereocenters. The Hall–Kier alpha value is -2.99. The number of carbonyl (C=O) groups excluding carboxylic acids is 1. The SMILES string of the molecule is Cc1ccc(Cl)cc1NC(=O)c1ccc(NCc2cccnc2)nn1. The first-order chi connectivity index (χ1) is 12.1. The van der Waals surface area contributed by atoms with E-state index in [9.17, 15) is 4.79 Å². The fourth-order valence-electron chi connectivity index (χ4n) is 2.16. The van der Waals surface area contributed by atoms with E-state index in [4.69, 9.17) is 11.6 Å². The van der Waals surface area contributed by atoms with Gasteiger partial charge in [-0.1, -0.05) is 23.7 Å². The maximum Gasteiger partial charge on any atom is 0.276 e. The van der Waals surface area contributed by atoms with Gasteiger partial charge in [0.1, 0.15) is 5.82 Å². The molecule has 0 unspecified atom stereocenters. The summed E-state index contributed by atoms with van der Waals surface area (Å²) >= 11 is 5.96. The van der Waals surface area contributed by atoms with Crippen molar-refractivity contribution < 1.29 is 4.79 Å². The summed E-state index contributed by atoms with van der Waals surface area (Å²) in [5.74, 6) is 0.246. The normalized spacial score (nSPS) is 10.3. The summed E-state index contributed by atoms with van der Waals surface area (Å²) in [7, 11) is 0. The number of amides is 1. The highest BCUT2D eigenvalue weighted by molar-refractivity contribution is 6.31. The lowest BCUT2D eigenvalue weighted by Crippen LogP contribution is -2.15. The summed E-state index contributed by atoms with van der Waals surface area (Å²) in [6.45, 7) is 2.47. The molecule has 0 fully saturated rings. The highest BCUT2D eigenvalue weighted by atomic mass is 35.5. The Kier molecular flexibility index (Phi) is 5.20. The summed E-state index contributed by atoms with van der Waals surface area (Å²) in [6.07, 6.45) is 3.49. The predicted octanol–water partition coefficient (Wildman–Crippen LogP) is 3.70. The van der Waals surface area contributed by atoms with Gasteiger partial charge in [0.2, 0.25) is 0 Å². The van der Waals surface area contributed by atoms with Crippen LogP contribution in [0, 0.1) is 6.92 Å². The minimum Gasteiger partial charge on any atom is -0.364 e. The summed E-state index contributed by atoms with van der Waals surface area (Å²) in [5, 5.41) is 14.5. The summed E-state index contributed by atoms with van der Waals surface area (Å²) in [6, 6.07) is 12.5. The van der Waals surface area contributed by atoms with E-state index in [0.717, 1.165) is 11.1 Å². The molecule has 1 aromatic carbocycles. The largest absolute Gasteiger partial charge is 0.364 e. The van der Waals surface area contributed by atoms with E-state index in [1.807, 2.05) is 25.1 Å². The molecule has 0 saturated carbocycles. The smallest absolute Gasteiger partial charge is 0.276 e. The first-order valence-corrected chi connectivity index (χ1v) is 8.03. The number of aromatic nitrogens is 3. The lowest BCUT2D eigenvalue weighted by molar-refractivity contribution is 0.102. The quantitative estimate of drug-likeness (QED) is 0.731. The molecule has 2 N–H and O–H groups in total. The summed E-state index contributed by atoms with van der Waals surface area (Å²) in [4.78, 5) is 16.3. The minimum atomic E-state index is -0.336. The molecule has 25 heavy (non-hydrogen) atoms. The van der Waals surface area contributed by atoms with Gasteiger partial charge >= 0.3 is 0 Å². The molecule has 2 heterocycles. The van der Waals surface area contributed by atoms with Crippen molar-refractivity contribution in [3.8, 4) is 0 Å². The fraction of sp³-hybridized carbons (Fsp3) is 0.111. The van der Waals surface area contributed by atoms with E-state index in [2.05, 4.69) is 25.8 Å². The third kappa shape index (κ3) is 4.51. The van der Waals surface area contributed by atoms with Gasteiger partial charge in [0.25, 0.3) is 5.91 Å². The van der Waals surface area contributed by atoms with E-state index in [-0.39, 0.29) is 11.6 Å². The van der Waals surface area contributed by atoms with Gasteiger partial charge in [-0.05, 0) is 48.4 Å². The van der Waals surface area contributed by atoms with Crippen LogP contribution in [-0.4, -0.2) is 21.1 Å². The molecule has 2 aromatic heterocycles. The molecule has 0 aliphatic carbocycles. The second kappa shape index (κ2) is 7.72. The Morgan fingerprint density at radius 3 is 2.76 bits per heavy atom. The molecule has 0 spiro atoms. The van der Waals surface area contributed by atoms with E-state index in [1.54, 1.807) is 36.7 Å². The van der Waals surface area contributed by atoms with E-state index in [1.165, 1.54) is 0 Å². The monoisotopic (exact) mass is 353 g/mol. The van der Waals surface area contributed by atoms with Crippen LogP contribution in [0.25, 0.3) is 0 Å². The number of nitrogens with one attached hydrogen (secondary N) is 2. The standard InChI is InChI=1S/C18H16ClN5O/c1-12-4-5-14(19)9-16(12)22-18(25)15-6-7-17(24-23-15)21-11-13-3-2-8-20-10-13/h2-10H,11H2,1H3,(H,21,24)(H,22,25). The second-order valence-electron chi connectivity index (χ2n) is 5.43. The molecule has 3 rings (SSSR count). The van der Waals surface area contributed by atoms with Crippen molar-refractivity contribution in [1.82, 2.24) is 15.2 Å². The molecular weight excluding hydrogens is 338 g/mol. The van der Waals surface area contributed by atoms with Gasteiger partial charge in [0, 0.05) is 29.6 Å². The number of halogens is 1. The zero-order valence-corrected chi connectivity index (χ0v) is 14.3. The van der Waals surface area contributed by atoms with Crippen molar-refractivity contribution in [2.45, 2.75) is 13.5 Å². The van der Waals surface area contributed by atoms with Crippen molar-refractivity contribution >= 4 is 29.0 Å². The average molecular weight is 354 g/mol. The van der Waals surface area contributed by atoms with Crippen LogP contribution in [0.15, 0.2) is 54.9 Å². The fourth-order valence-corrected chi connectivity index (χ4v) is 2.33. The molecule has 1 amide bonds. The molecule has 7 heteroatoms. The van der Waals surface area contributed by atoms with Gasteiger partial charge < -0.3 is 10.6 Å². The first kappa shape index (κ1) is 16.9. The van der Waals surface area contributed by atoms with Crippen LogP contribution < -0.4 is 10.6 Å². The number of hydrogen-bond acceptors (Lipinski definition) is 5. The predicted molar refractivity (Wildman–Crippen MR) is 97.7 cm³/mol. The van der Waals surface area contributed by atoms with Crippen molar-refractivity contribution in [1.29, 1.82) is 0 Å². The van der Waals surface area contributed by atoms with E-state index in [0.29, 0.717) is 23.1 Å². The Bertz CT molecular complexity index is 868. The van der Waals surface area contributed by atoms with Crippen molar-refractivity contribution in [2.75, 3.05) is 10.6 Å². The summed E-state index contributed by atoms with van der Waals surface area (Å²) in [5.41, 5.74) is 2.83. The lowest BCUT2D eigenvalue weighted by atomic mass is 10.2. The highest BCUT2D eigenvalue weighted by Gasteiger charge is 2.10. The van der Waals surface area contributed by atoms with Crippen LogP contribution in [-0.2, 0) is 6.54 Å². The van der Waals surface area contributed by atoms with Crippen molar-refractivity contribution in [3.63, 3.8) is 0 Å². The van der Waals surface area contributed by atoms with Gasteiger partial charge in [0.15, 0.2) is 5.69 Å². The number of rotatable bonds is 5. The molecule has 3 aromatic rings. The number of benzene rings is 1. The average Bonchev–Trinajstić information content (AvgIpc) is 2.64. The minimum absolute atomic E-state index is 0.228. The number of pyridine rings is 1. The molecule has 0 aliphatic heterocycles. The van der Waals surface area contributed by atoms with Crippen molar-refractivity contribution in [2.24, 2.45) is 0 Å². The Morgan fingerprint density at radius 1 is 1.16 bits per heavy atom. The molecule has 0 saturated heterocycles. The van der Waals surface area contributed by atoms with Crippen LogP contribution in [0.5, 0.6) is 0 Å². The van der Waals surface area contributed by atoms with Gasteiger partial charge in [-0.2, -0.15) is 0 Å². The molecule has 126 valence electrons. The first-order valence-electron chi connectivity index (χ1n) is 7.66. The van der Waals surface area contributed by atoms with Crippen LogP contribution in [0.2, 0.25) is 5.02 Å². The van der Waals surface area contributed by atoms with Crippen LogP contribution in [0.3, 0.4) is 0 Å². The molecule has 0 radical (unpaired) electrons. The zero-order valence-electron chi connectivity index (χ0n) is 13.5. The summed E-state index contributed by atoms with van der Waals surface area (Å²) < 4.78 is 0. The Balaban J connectivity index is 1.63. The topological polar surface area (TPSA) is 79.8 Å². The third-order valence-corrected chi connectivity index (χ3v) is 3.78. The number of carbonyl (C=O) groups is 1. The van der Waals surface area contributed by atoms with Crippen LogP contribution in [0.4, 0.5) is 11.5 Å². The lowest BCUT2D eigenvalue weighted by Gasteiger charge is -2.09. The van der Waals surface area contributed by atoms with Crippen LogP contribution >= 0.6 is 11.6 Å². The Labute approximate surface area is 150 Å². The molecule has 0 aliphatic rings. The maximum absolute atomic E-state index is 12.3. The third-order valence-electron chi connectivity index (χ3n) is 3.54. The van der Waals surface area contributed by atoms with Gasteiger partial charge in [-0.15, -0.1) is 10.2 Å². The molecule has 6 nitrogen and oxygen atoms in total. The maximum atomic E-state index is 12.3. The number of anilines is 2. The van der Waals surface area contributed by atoms with E-state index >= 15 is 0 Å². The Morgan fingerprint density at radius 2 is 2.04 bits per heavy atom. The van der Waals surface area contributed by atoms with Crippen LogP contribution in [0.1, 0.15) is 21.6 Å². The van der Waals surface area contributed by atoms with Gasteiger partial charge in [-0.25, -0.2) is 0 Å². The zero-order chi connectivity index (χ0) is 17.6. The van der Waals surface area contributed by atoms with E-state index < -0.39 is 0 Å². The van der Waals surface area contributed by atoms with Crippen molar-refractivity contribution in [3.05, 3.63) is 76.7 Å². The molecule has 0 bridgehead atoms. The highest BCUT2D eigenvalue weighted by Crippen LogP contribution is 2.20. The second-order valence-corrected chi connectivity index (χ2v) is 5.87. The number of aryl methyl sites for hydroxylation is 1. The molecular formula is C18H16ClN5O.